The van der Waals surface area contributed by atoms with Gasteiger partial charge in [-0.1, -0.05) is 5.16 Å². The molecule has 1 N–H and O–H groups in total. The number of morpholine rings is 1. The van der Waals surface area contributed by atoms with E-state index < -0.39 is 30.5 Å². The lowest BCUT2D eigenvalue weighted by Crippen LogP contribution is -2.49. The summed E-state index contributed by atoms with van der Waals surface area (Å²) in [7, 11) is 0. The van der Waals surface area contributed by atoms with E-state index in [1.54, 1.807) is 39.0 Å². The SMILES string of the molecule is Cc1cc(-c2c(F)cc(N3CCOC(C(F)(F)F)C3)cc2CNC(=O)c2cc(C)on2)cc(C)n1. The average Bonchev–Trinajstić information content (AvgIpc) is 3.22. The first-order valence-corrected chi connectivity index (χ1v) is 10.9. The van der Waals surface area contributed by atoms with Gasteiger partial charge in [0.25, 0.3) is 5.91 Å². The number of nitrogens with zero attached hydrogens (tertiary/aromatic N) is 3. The highest BCUT2D eigenvalue weighted by atomic mass is 19.4. The molecule has 1 aliphatic rings. The van der Waals surface area contributed by atoms with Gasteiger partial charge >= 0.3 is 6.18 Å². The van der Waals surface area contributed by atoms with Crippen LogP contribution in [-0.2, 0) is 11.3 Å². The molecule has 1 amide bonds. The van der Waals surface area contributed by atoms with E-state index in [4.69, 9.17) is 9.26 Å². The Morgan fingerprint density at radius 3 is 2.49 bits per heavy atom. The minimum atomic E-state index is -4.53. The molecule has 1 saturated heterocycles. The number of amides is 1. The standard InChI is InChI=1S/C24H24F4N4O3/c1-13-6-16(7-14(2)30-13)22-17(11-29-23(33)20-8-15(3)35-31-20)9-18(10-19(22)25)32-4-5-34-21(12-32)24(26,27)28/h6-10,21H,4-5,11-12H2,1-3H3,(H,29,33). The van der Waals surface area contributed by atoms with Crippen molar-refractivity contribution in [2.24, 2.45) is 0 Å². The third-order valence-electron chi connectivity index (χ3n) is 5.62. The maximum Gasteiger partial charge on any atom is 0.416 e. The molecule has 186 valence electrons. The number of alkyl halides is 3. The van der Waals surface area contributed by atoms with Crippen LogP contribution in [0.25, 0.3) is 11.1 Å². The summed E-state index contributed by atoms with van der Waals surface area (Å²) in [5.41, 5.74) is 2.88. The molecule has 0 bridgehead atoms. The fourth-order valence-corrected chi connectivity index (χ4v) is 4.09. The summed E-state index contributed by atoms with van der Waals surface area (Å²) < 4.78 is 65.0. The minimum Gasteiger partial charge on any atom is -0.366 e. The molecule has 3 heterocycles. The van der Waals surface area contributed by atoms with Crippen molar-refractivity contribution < 1.29 is 31.6 Å². The third kappa shape index (κ3) is 5.61. The molecule has 1 aromatic carbocycles. The third-order valence-corrected chi connectivity index (χ3v) is 5.62. The van der Waals surface area contributed by atoms with Crippen LogP contribution in [0.1, 0.15) is 33.2 Å². The second kappa shape index (κ2) is 9.65. The van der Waals surface area contributed by atoms with Gasteiger partial charge in [0.2, 0.25) is 0 Å². The fourth-order valence-electron chi connectivity index (χ4n) is 4.09. The number of aromatic nitrogens is 2. The molecule has 3 aromatic rings. The highest BCUT2D eigenvalue weighted by Crippen LogP contribution is 2.34. The fraction of sp³-hybridized carbons (Fsp3) is 0.375. The summed E-state index contributed by atoms with van der Waals surface area (Å²) in [6, 6.07) is 7.70. The van der Waals surface area contributed by atoms with Crippen molar-refractivity contribution in [1.29, 1.82) is 0 Å². The highest BCUT2D eigenvalue weighted by molar-refractivity contribution is 5.92. The molecule has 4 rings (SSSR count). The number of hydrogen-bond donors (Lipinski definition) is 1. The van der Waals surface area contributed by atoms with E-state index in [0.717, 1.165) is 0 Å². The van der Waals surface area contributed by atoms with Crippen molar-refractivity contribution >= 4 is 11.6 Å². The van der Waals surface area contributed by atoms with Crippen LogP contribution in [0, 0.1) is 26.6 Å². The van der Waals surface area contributed by atoms with Gasteiger partial charge in [-0.05, 0) is 56.2 Å². The molecule has 2 aromatic heterocycles. The normalized spacial score (nSPS) is 16.4. The van der Waals surface area contributed by atoms with Crippen LogP contribution < -0.4 is 10.2 Å². The number of carbonyl (C=O) groups excluding carboxylic acids is 1. The average molecular weight is 492 g/mol. The molecule has 0 saturated carbocycles. The monoisotopic (exact) mass is 492 g/mol. The zero-order valence-corrected chi connectivity index (χ0v) is 19.4. The van der Waals surface area contributed by atoms with E-state index in [1.807, 2.05) is 0 Å². The van der Waals surface area contributed by atoms with Gasteiger partial charge in [0, 0.05) is 41.8 Å². The Balaban J connectivity index is 1.71. The lowest BCUT2D eigenvalue weighted by Gasteiger charge is -2.35. The molecule has 7 nitrogen and oxygen atoms in total. The van der Waals surface area contributed by atoms with Crippen molar-refractivity contribution in [2.45, 2.75) is 39.6 Å². The van der Waals surface area contributed by atoms with Crippen LogP contribution in [0.3, 0.4) is 0 Å². The van der Waals surface area contributed by atoms with Gasteiger partial charge in [-0.3, -0.25) is 9.78 Å². The predicted molar refractivity (Wildman–Crippen MR) is 120 cm³/mol. The number of benzene rings is 1. The lowest BCUT2D eigenvalue weighted by atomic mass is 9.97. The summed E-state index contributed by atoms with van der Waals surface area (Å²) in [6.07, 6.45) is -6.50. The van der Waals surface area contributed by atoms with Crippen LogP contribution >= 0.6 is 0 Å². The zero-order valence-electron chi connectivity index (χ0n) is 19.4. The van der Waals surface area contributed by atoms with E-state index in [0.29, 0.717) is 28.3 Å². The van der Waals surface area contributed by atoms with Gasteiger partial charge in [0.1, 0.15) is 11.6 Å². The number of hydrogen-bond acceptors (Lipinski definition) is 6. The second-order valence-corrected chi connectivity index (χ2v) is 8.45. The van der Waals surface area contributed by atoms with Gasteiger partial charge in [0.05, 0.1) is 13.2 Å². The predicted octanol–water partition coefficient (Wildman–Crippen LogP) is 4.50. The molecular weight excluding hydrogens is 468 g/mol. The molecule has 0 radical (unpaired) electrons. The largest absolute Gasteiger partial charge is 0.416 e. The first-order valence-electron chi connectivity index (χ1n) is 10.9. The maximum absolute atomic E-state index is 15.6. The molecule has 0 aliphatic carbocycles. The van der Waals surface area contributed by atoms with E-state index in [-0.39, 0.29) is 36.6 Å². The minimum absolute atomic E-state index is 0.0671. The van der Waals surface area contributed by atoms with Crippen molar-refractivity contribution in [3.05, 3.63) is 64.6 Å². The van der Waals surface area contributed by atoms with Crippen molar-refractivity contribution in [1.82, 2.24) is 15.5 Å². The van der Waals surface area contributed by atoms with Gasteiger partial charge in [-0.15, -0.1) is 0 Å². The summed E-state index contributed by atoms with van der Waals surface area (Å²) >= 11 is 0. The van der Waals surface area contributed by atoms with E-state index >= 15 is 4.39 Å². The molecule has 11 heteroatoms. The van der Waals surface area contributed by atoms with Crippen molar-refractivity contribution in [2.75, 3.05) is 24.6 Å². The summed E-state index contributed by atoms with van der Waals surface area (Å²) in [6.45, 7) is 4.68. The Kier molecular flexibility index (Phi) is 6.79. The number of halogens is 4. The van der Waals surface area contributed by atoms with Gasteiger partial charge in [0.15, 0.2) is 11.8 Å². The Morgan fingerprint density at radius 2 is 1.86 bits per heavy atom. The molecule has 0 spiro atoms. The number of anilines is 1. The first kappa shape index (κ1) is 24.6. The molecule has 1 atom stereocenters. The Bertz CT molecular complexity index is 1220. The molecular formula is C24H24F4N4O3. The van der Waals surface area contributed by atoms with Crippen LogP contribution in [0.5, 0.6) is 0 Å². The number of pyridine rings is 1. The van der Waals surface area contributed by atoms with Gasteiger partial charge in [-0.2, -0.15) is 13.2 Å². The van der Waals surface area contributed by atoms with Crippen LogP contribution in [-0.4, -0.2) is 48.0 Å². The smallest absolute Gasteiger partial charge is 0.366 e. The number of aryl methyl sites for hydroxylation is 3. The Labute approximate surface area is 199 Å². The number of carbonyl (C=O) groups is 1. The van der Waals surface area contributed by atoms with Gasteiger partial charge in [-0.25, -0.2) is 4.39 Å². The Hall–Kier alpha value is -3.47. The van der Waals surface area contributed by atoms with E-state index in [2.05, 4.69) is 15.5 Å². The second-order valence-electron chi connectivity index (χ2n) is 8.45. The molecule has 1 fully saturated rings. The van der Waals surface area contributed by atoms with E-state index in [9.17, 15) is 18.0 Å². The summed E-state index contributed by atoms with van der Waals surface area (Å²) in [5, 5.41) is 6.37. The van der Waals surface area contributed by atoms with Crippen molar-refractivity contribution in [3.63, 3.8) is 0 Å². The number of ether oxygens (including phenoxy) is 1. The number of nitrogens with one attached hydrogen (secondary N) is 1. The topological polar surface area (TPSA) is 80.5 Å². The van der Waals surface area contributed by atoms with Gasteiger partial charge < -0.3 is 19.5 Å². The maximum atomic E-state index is 15.6. The molecule has 35 heavy (non-hydrogen) atoms. The summed E-state index contributed by atoms with van der Waals surface area (Å²) in [4.78, 5) is 18.3. The van der Waals surface area contributed by atoms with Crippen LogP contribution in [0.2, 0.25) is 0 Å². The van der Waals surface area contributed by atoms with Crippen molar-refractivity contribution in [3.8, 4) is 11.1 Å². The lowest BCUT2D eigenvalue weighted by molar-refractivity contribution is -0.221. The summed E-state index contributed by atoms with van der Waals surface area (Å²) in [5.74, 6) is -0.688. The van der Waals surface area contributed by atoms with Crippen LogP contribution in [0.15, 0.2) is 34.9 Å². The quantitative estimate of drug-likeness (QED) is 0.529. The molecule has 1 unspecified atom stereocenters. The van der Waals surface area contributed by atoms with Crippen LogP contribution in [0.4, 0.5) is 23.2 Å². The highest BCUT2D eigenvalue weighted by Gasteiger charge is 2.43. The molecule has 1 aliphatic heterocycles. The number of rotatable bonds is 5. The van der Waals surface area contributed by atoms with E-state index in [1.165, 1.54) is 17.0 Å². The first-order chi connectivity index (χ1) is 16.5. The Morgan fingerprint density at radius 1 is 1.14 bits per heavy atom. The zero-order chi connectivity index (χ0) is 25.3.